The fourth-order valence-electron chi connectivity index (χ4n) is 2.50. The molecule has 1 N–H and O–H groups in total. The van der Waals surface area contributed by atoms with Crippen LogP contribution in [0.4, 0.5) is 8.78 Å². The van der Waals surface area contributed by atoms with Crippen LogP contribution in [-0.4, -0.2) is 31.7 Å². The second-order valence-corrected chi connectivity index (χ2v) is 6.81. The molecule has 1 amide bonds. The Labute approximate surface area is 128 Å². The highest BCUT2D eigenvalue weighted by atomic mass is 32.2. The van der Waals surface area contributed by atoms with Crippen molar-refractivity contribution >= 4 is 16.1 Å². The van der Waals surface area contributed by atoms with Crippen molar-refractivity contribution in [2.75, 3.05) is 13.1 Å². The normalized spacial score (nSPS) is 21.0. The van der Waals surface area contributed by atoms with Crippen molar-refractivity contribution in [1.29, 1.82) is 0 Å². The van der Waals surface area contributed by atoms with Gasteiger partial charge in [-0.3, -0.25) is 4.79 Å². The lowest BCUT2D eigenvalue weighted by Gasteiger charge is -2.18. The van der Waals surface area contributed by atoms with E-state index in [4.69, 9.17) is 0 Å². The van der Waals surface area contributed by atoms with E-state index in [1.54, 1.807) is 13.8 Å². The van der Waals surface area contributed by atoms with Gasteiger partial charge in [-0.05, 0) is 18.6 Å². The van der Waals surface area contributed by atoms with E-state index in [1.807, 2.05) is 4.72 Å². The van der Waals surface area contributed by atoms with E-state index in [-0.39, 0.29) is 25.1 Å². The van der Waals surface area contributed by atoms with Gasteiger partial charge in [-0.1, -0.05) is 19.9 Å². The van der Waals surface area contributed by atoms with Crippen LogP contribution in [0.2, 0.25) is 0 Å². The summed E-state index contributed by atoms with van der Waals surface area (Å²) in [6.07, 6.45) is 0.234. The van der Waals surface area contributed by atoms with E-state index in [9.17, 15) is 22.0 Å². The van der Waals surface area contributed by atoms with Crippen molar-refractivity contribution in [2.45, 2.75) is 26.2 Å². The maximum absolute atomic E-state index is 13.7. The molecule has 1 aromatic carbocycles. The summed E-state index contributed by atoms with van der Waals surface area (Å²) >= 11 is 0. The predicted octanol–water partition coefficient (Wildman–Crippen LogP) is 1.77. The molecule has 1 aromatic rings. The van der Waals surface area contributed by atoms with Crippen molar-refractivity contribution in [3.05, 3.63) is 35.4 Å². The summed E-state index contributed by atoms with van der Waals surface area (Å²) in [6.45, 7) is 3.77. The zero-order valence-electron chi connectivity index (χ0n) is 12.3. The van der Waals surface area contributed by atoms with Gasteiger partial charge in [0.25, 0.3) is 0 Å². The molecule has 1 fully saturated rings. The third-order valence-electron chi connectivity index (χ3n) is 3.77. The lowest BCUT2D eigenvalue weighted by Crippen LogP contribution is -2.44. The number of rotatable bonds is 6. The van der Waals surface area contributed by atoms with Gasteiger partial charge in [0.2, 0.25) is 5.91 Å². The van der Waals surface area contributed by atoms with Crippen LogP contribution in [0.25, 0.3) is 0 Å². The summed E-state index contributed by atoms with van der Waals surface area (Å²) in [7, 11) is -3.91. The summed E-state index contributed by atoms with van der Waals surface area (Å²) in [5.74, 6) is -3.50. The number of carbonyl (C=O) groups excluding carboxylic acids is 1. The predicted molar refractivity (Wildman–Crippen MR) is 77.2 cm³/mol. The van der Waals surface area contributed by atoms with Gasteiger partial charge in [0.05, 0.1) is 0 Å². The van der Waals surface area contributed by atoms with Crippen LogP contribution in [0, 0.1) is 17.6 Å². The zero-order valence-corrected chi connectivity index (χ0v) is 13.2. The number of nitrogens with zero attached hydrogens (tertiary/aromatic N) is 1. The van der Waals surface area contributed by atoms with Gasteiger partial charge in [0, 0.05) is 30.5 Å². The molecule has 8 heteroatoms. The first-order chi connectivity index (χ1) is 10.3. The Morgan fingerprint density at radius 2 is 1.82 bits per heavy atom. The minimum atomic E-state index is -3.91. The van der Waals surface area contributed by atoms with Crippen molar-refractivity contribution in [2.24, 2.45) is 5.92 Å². The fraction of sp³-hybridized carbons (Fsp3) is 0.500. The number of benzene rings is 1. The molecular formula is C14H18F2N2O3S. The second kappa shape index (κ2) is 6.29. The van der Waals surface area contributed by atoms with Crippen molar-refractivity contribution in [1.82, 2.24) is 9.03 Å². The van der Waals surface area contributed by atoms with E-state index >= 15 is 0 Å². The minimum Gasteiger partial charge on any atom is -0.274 e. The third kappa shape index (κ3) is 3.27. The fourth-order valence-corrected chi connectivity index (χ4v) is 3.71. The topological polar surface area (TPSA) is 66.5 Å². The lowest BCUT2D eigenvalue weighted by molar-refractivity contribution is -0.120. The highest BCUT2D eigenvalue weighted by Gasteiger charge is 2.47. The van der Waals surface area contributed by atoms with Gasteiger partial charge in [0.1, 0.15) is 11.6 Å². The number of hydrogen-bond donors (Lipinski definition) is 1. The molecule has 22 heavy (non-hydrogen) atoms. The molecule has 0 radical (unpaired) electrons. The molecule has 2 atom stereocenters. The van der Waals surface area contributed by atoms with E-state index in [1.165, 1.54) is 6.07 Å². The molecular weight excluding hydrogens is 314 g/mol. The number of halogens is 2. The molecule has 0 aromatic heterocycles. The van der Waals surface area contributed by atoms with Crippen molar-refractivity contribution < 1.29 is 22.0 Å². The molecule has 5 nitrogen and oxygen atoms in total. The highest BCUT2D eigenvalue weighted by Crippen LogP contribution is 2.49. The molecule has 2 rings (SSSR count). The molecule has 0 saturated heterocycles. The molecule has 0 spiro atoms. The van der Waals surface area contributed by atoms with Crippen LogP contribution in [-0.2, 0) is 15.0 Å². The summed E-state index contributed by atoms with van der Waals surface area (Å²) in [4.78, 5) is 12.0. The first-order valence-corrected chi connectivity index (χ1v) is 8.51. The first kappa shape index (κ1) is 16.8. The van der Waals surface area contributed by atoms with Gasteiger partial charge in [-0.2, -0.15) is 12.7 Å². The van der Waals surface area contributed by atoms with Gasteiger partial charge in [-0.15, -0.1) is 0 Å². The molecule has 122 valence electrons. The first-order valence-electron chi connectivity index (χ1n) is 7.07. The molecule has 1 saturated carbocycles. The summed E-state index contributed by atoms with van der Waals surface area (Å²) in [5, 5.41) is 0. The summed E-state index contributed by atoms with van der Waals surface area (Å²) < 4.78 is 54.3. The largest absolute Gasteiger partial charge is 0.303 e. The Morgan fingerprint density at radius 3 is 2.32 bits per heavy atom. The zero-order chi connectivity index (χ0) is 16.5. The molecule has 1 aliphatic rings. The molecule has 0 heterocycles. The molecule has 1 aliphatic carbocycles. The number of carbonyl (C=O) groups is 1. The number of amides is 1. The Hall–Kier alpha value is -1.54. The maximum Gasteiger partial charge on any atom is 0.303 e. The summed E-state index contributed by atoms with van der Waals surface area (Å²) in [6, 6.07) is 3.49. The third-order valence-corrected chi connectivity index (χ3v) is 5.43. The molecule has 0 unspecified atom stereocenters. The Morgan fingerprint density at radius 1 is 1.27 bits per heavy atom. The van der Waals surface area contributed by atoms with Crippen LogP contribution in [0.15, 0.2) is 18.2 Å². The van der Waals surface area contributed by atoms with E-state index < -0.39 is 39.6 Å². The maximum atomic E-state index is 13.7. The molecule has 0 aliphatic heterocycles. The molecule has 0 bridgehead atoms. The monoisotopic (exact) mass is 332 g/mol. The average Bonchev–Trinajstić information content (AvgIpc) is 3.19. The average molecular weight is 332 g/mol. The van der Waals surface area contributed by atoms with Crippen LogP contribution in [0.5, 0.6) is 0 Å². The van der Waals surface area contributed by atoms with Crippen LogP contribution in [0.3, 0.4) is 0 Å². The Bertz CT molecular complexity index is 654. The van der Waals surface area contributed by atoms with Gasteiger partial charge < -0.3 is 0 Å². The van der Waals surface area contributed by atoms with Crippen molar-refractivity contribution in [3.63, 3.8) is 0 Å². The van der Waals surface area contributed by atoms with Crippen LogP contribution >= 0.6 is 0 Å². The standard InChI is InChI=1S/C14H18F2N2O3S/c1-3-18(4-2)22(20,21)17-14(19)10-8-9(10)13-11(15)6-5-7-12(13)16/h5-7,9-10H,3-4,8H2,1-2H3,(H,17,19)/t9-,10+/m1/s1. The Balaban J connectivity index is 2.08. The number of nitrogens with one attached hydrogen (secondary N) is 1. The minimum absolute atomic E-state index is 0.150. The summed E-state index contributed by atoms with van der Waals surface area (Å²) in [5.41, 5.74) is -0.150. The SMILES string of the molecule is CCN(CC)S(=O)(=O)NC(=O)[C@H]1C[C@H]1c1c(F)cccc1F. The smallest absolute Gasteiger partial charge is 0.274 e. The van der Waals surface area contributed by atoms with E-state index in [0.717, 1.165) is 16.4 Å². The van der Waals surface area contributed by atoms with Gasteiger partial charge >= 0.3 is 10.2 Å². The van der Waals surface area contributed by atoms with E-state index in [2.05, 4.69) is 0 Å². The lowest BCUT2D eigenvalue weighted by atomic mass is 10.1. The van der Waals surface area contributed by atoms with E-state index in [0.29, 0.717) is 0 Å². The van der Waals surface area contributed by atoms with Crippen molar-refractivity contribution in [3.8, 4) is 0 Å². The van der Waals surface area contributed by atoms with Gasteiger partial charge in [-0.25, -0.2) is 13.5 Å². The van der Waals surface area contributed by atoms with Crippen LogP contribution < -0.4 is 4.72 Å². The highest BCUT2D eigenvalue weighted by molar-refractivity contribution is 7.87. The number of hydrogen-bond acceptors (Lipinski definition) is 3. The van der Waals surface area contributed by atoms with Crippen LogP contribution in [0.1, 0.15) is 31.7 Å². The Kier molecular flexibility index (Phi) is 4.81. The second-order valence-electron chi connectivity index (χ2n) is 5.14. The quantitative estimate of drug-likeness (QED) is 0.863. The van der Waals surface area contributed by atoms with Gasteiger partial charge in [0.15, 0.2) is 0 Å².